The molecule has 5 nitrogen and oxygen atoms in total. The minimum atomic E-state index is -3.82. The minimum absolute atomic E-state index is 0.0771. The first-order valence-corrected chi connectivity index (χ1v) is 11.9. The summed E-state index contributed by atoms with van der Waals surface area (Å²) in [7, 11) is -3.82. The van der Waals surface area contributed by atoms with E-state index in [0.29, 0.717) is 27.7 Å². The van der Waals surface area contributed by atoms with Gasteiger partial charge in [0.25, 0.3) is 15.9 Å². The Morgan fingerprint density at radius 1 is 1.06 bits per heavy atom. The number of nitrogens with zero attached hydrogens (tertiary/aromatic N) is 1. The van der Waals surface area contributed by atoms with Crippen LogP contribution in [0.1, 0.15) is 28.4 Å². The molecule has 1 aliphatic rings. The van der Waals surface area contributed by atoms with Gasteiger partial charge in [-0.15, -0.1) is 0 Å². The van der Waals surface area contributed by atoms with Crippen molar-refractivity contribution in [1.29, 1.82) is 0 Å². The van der Waals surface area contributed by atoms with Crippen molar-refractivity contribution in [3.63, 3.8) is 0 Å². The van der Waals surface area contributed by atoms with Crippen molar-refractivity contribution in [2.45, 2.75) is 30.8 Å². The van der Waals surface area contributed by atoms with Crippen molar-refractivity contribution in [2.24, 2.45) is 0 Å². The number of halogens is 2. The van der Waals surface area contributed by atoms with Gasteiger partial charge in [0, 0.05) is 28.2 Å². The Labute approximate surface area is 191 Å². The van der Waals surface area contributed by atoms with E-state index in [4.69, 9.17) is 23.2 Å². The summed E-state index contributed by atoms with van der Waals surface area (Å²) in [5, 5.41) is 3.73. The maximum absolute atomic E-state index is 13.4. The Morgan fingerprint density at radius 2 is 1.84 bits per heavy atom. The normalized spacial score (nSPS) is 15.6. The van der Waals surface area contributed by atoms with Crippen LogP contribution in [0.5, 0.6) is 0 Å². The molecule has 160 valence electrons. The number of nitrogens with one attached hydrogen (secondary N) is 1. The van der Waals surface area contributed by atoms with E-state index < -0.39 is 15.9 Å². The largest absolute Gasteiger partial charge is 0.348 e. The predicted molar refractivity (Wildman–Crippen MR) is 123 cm³/mol. The van der Waals surface area contributed by atoms with E-state index in [9.17, 15) is 13.2 Å². The van der Waals surface area contributed by atoms with Crippen molar-refractivity contribution in [1.82, 2.24) is 5.32 Å². The van der Waals surface area contributed by atoms with Crippen LogP contribution < -0.4 is 9.62 Å². The third kappa shape index (κ3) is 4.28. The number of carbonyl (C=O) groups excluding carboxylic acids is 1. The van der Waals surface area contributed by atoms with Gasteiger partial charge < -0.3 is 5.32 Å². The standard InChI is InChI=1S/C23H20Cl2N2O3S/c1-15-11-16-5-2-3-8-22(16)27(15)31(29,30)20-7-4-6-17(12-20)23(28)26-14-18-9-10-19(24)13-21(18)25/h2-10,12-13,15H,11,14H2,1H3,(H,26,28). The average Bonchev–Trinajstić information content (AvgIpc) is 3.09. The lowest BCUT2D eigenvalue weighted by molar-refractivity contribution is 0.0950. The van der Waals surface area contributed by atoms with E-state index in [1.54, 1.807) is 30.3 Å². The number of para-hydroxylation sites is 1. The average molecular weight is 475 g/mol. The van der Waals surface area contributed by atoms with Gasteiger partial charge in [0.15, 0.2) is 0 Å². The third-order valence-corrected chi connectivity index (χ3v) is 7.76. The van der Waals surface area contributed by atoms with Crippen LogP contribution in [0.3, 0.4) is 0 Å². The van der Waals surface area contributed by atoms with E-state index in [-0.39, 0.29) is 23.0 Å². The molecule has 4 rings (SSSR count). The van der Waals surface area contributed by atoms with Crippen molar-refractivity contribution in [2.75, 3.05) is 4.31 Å². The lowest BCUT2D eigenvalue weighted by Crippen LogP contribution is -2.35. The van der Waals surface area contributed by atoms with Crippen molar-refractivity contribution < 1.29 is 13.2 Å². The number of sulfonamides is 1. The molecule has 0 bridgehead atoms. The second-order valence-electron chi connectivity index (χ2n) is 7.43. The molecule has 3 aromatic rings. The summed E-state index contributed by atoms with van der Waals surface area (Å²) in [6, 6.07) is 18.4. The Hall–Kier alpha value is -2.54. The molecule has 0 aromatic heterocycles. The highest BCUT2D eigenvalue weighted by Gasteiger charge is 2.36. The molecular formula is C23H20Cl2N2O3S. The summed E-state index contributed by atoms with van der Waals surface area (Å²) in [6.45, 7) is 2.08. The van der Waals surface area contributed by atoms with Gasteiger partial charge in [-0.2, -0.15) is 0 Å². The summed E-state index contributed by atoms with van der Waals surface area (Å²) >= 11 is 12.0. The Kier molecular flexibility index (Phi) is 5.97. The van der Waals surface area contributed by atoms with Crippen LogP contribution >= 0.6 is 23.2 Å². The molecule has 0 saturated heterocycles. The highest BCUT2D eigenvalue weighted by atomic mass is 35.5. The zero-order chi connectivity index (χ0) is 22.2. The fourth-order valence-corrected chi connectivity index (χ4v) is 5.97. The maximum atomic E-state index is 13.4. The molecule has 8 heteroatoms. The molecule has 0 radical (unpaired) electrons. The fraction of sp³-hybridized carbons (Fsp3) is 0.174. The molecular weight excluding hydrogens is 455 g/mol. The first kappa shape index (κ1) is 21.7. The molecule has 1 N–H and O–H groups in total. The molecule has 0 saturated carbocycles. The lowest BCUT2D eigenvalue weighted by Gasteiger charge is -2.24. The van der Waals surface area contributed by atoms with Gasteiger partial charge in [0.05, 0.1) is 10.6 Å². The topological polar surface area (TPSA) is 66.5 Å². The number of benzene rings is 3. The van der Waals surface area contributed by atoms with Crippen LogP contribution in [0.15, 0.2) is 71.6 Å². The van der Waals surface area contributed by atoms with Crippen LogP contribution in [-0.4, -0.2) is 20.4 Å². The number of hydrogen-bond donors (Lipinski definition) is 1. The quantitative estimate of drug-likeness (QED) is 0.561. The molecule has 3 aromatic carbocycles. The van der Waals surface area contributed by atoms with E-state index in [2.05, 4.69) is 5.32 Å². The number of carbonyl (C=O) groups is 1. The summed E-state index contributed by atoms with van der Waals surface area (Å²) < 4.78 is 28.2. The zero-order valence-electron chi connectivity index (χ0n) is 16.7. The van der Waals surface area contributed by atoms with Crippen molar-refractivity contribution in [3.8, 4) is 0 Å². The Bertz CT molecular complexity index is 1260. The summed E-state index contributed by atoms with van der Waals surface area (Å²) in [5.41, 5.74) is 2.64. The van der Waals surface area contributed by atoms with Crippen molar-refractivity contribution >= 4 is 44.8 Å². The van der Waals surface area contributed by atoms with Crippen LogP contribution in [-0.2, 0) is 23.0 Å². The Morgan fingerprint density at radius 3 is 2.61 bits per heavy atom. The molecule has 1 aliphatic heterocycles. The van der Waals surface area contributed by atoms with Gasteiger partial charge in [0.2, 0.25) is 0 Å². The molecule has 0 spiro atoms. The maximum Gasteiger partial charge on any atom is 0.264 e. The smallest absolute Gasteiger partial charge is 0.264 e. The zero-order valence-corrected chi connectivity index (χ0v) is 19.0. The van der Waals surface area contributed by atoms with Crippen LogP contribution in [0.25, 0.3) is 0 Å². The second-order valence-corrected chi connectivity index (χ2v) is 10.1. The molecule has 1 atom stereocenters. The number of rotatable bonds is 5. The van der Waals surface area contributed by atoms with Crippen LogP contribution in [0.2, 0.25) is 10.0 Å². The lowest BCUT2D eigenvalue weighted by atomic mass is 10.1. The molecule has 0 fully saturated rings. The Balaban J connectivity index is 1.57. The highest BCUT2D eigenvalue weighted by molar-refractivity contribution is 7.92. The second kappa shape index (κ2) is 8.54. The first-order chi connectivity index (χ1) is 14.8. The molecule has 31 heavy (non-hydrogen) atoms. The predicted octanol–water partition coefficient (Wildman–Crippen LogP) is 5.06. The summed E-state index contributed by atoms with van der Waals surface area (Å²) in [4.78, 5) is 12.7. The van der Waals surface area contributed by atoms with E-state index in [1.807, 2.05) is 31.2 Å². The van der Waals surface area contributed by atoms with Crippen molar-refractivity contribution in [3.05, 3.63) is 93.5 Å². The monoisotopic (exact) mass is 474 g/mol. The molecule has 1 unspecified atom stereocenters. The minimum Gasteiger partial charge on any atom is -0.348 e. The van der Waals surface area contributed by atoms with Crippen LogP contribution in [0.4, 0.5) is 5.69 Å². The summed E-state index contributed by atoms with van der Waals surface area (Å²) in [5.74, 6) is -0.391. The number of amides is 1. The SMILES string of the molecule is CC1Cc2ccccc2N1S(=O)(=O)c1cccc(C(=O)NCc2ccc(Cl)cc2Cl)c1. The van der Waals surface area contributed by atoms with Crippen LogP contribution in [0, 0.1) is 0 Å². The number of fused-ring (bicyclic) bond motifs is 1. The molecule has 0 aliphatic carbocycles. The number of hydrogen-bond acceptors (Lipinski definition) is 3. The van der Waals surface area contributed by atoms with Gasteiger partial charge in [-0.3, -0.25) is 9.10 Å². The highest BCUT2D eigenvalue weighted by Crippen LogP contribution is 2.36. The van der Waals surface area contributed by atoms with Gasteiger partial charge in [0.1, 0.15) is 0 Å². The number of anilines is 1. The van der Waals surface area contributed by atoms with Gasteiger partial charge in [-0.25, -0.2) is 8.42 Å². The van der Waals surface area contributed by atoms with E-state index in [0.717, 1.165) is 5.56 Å². The van der Waals surface area contributed by atoms with Gasteiger partial charge >= 0.3 is 0 Å². The summed E-state index contributed by atoms with van der Waals surface area (Å²) in [6.07, 6.45) is 0.650. The first-order valence-electron chi connectivity index (χ1n) is 9.72. The molecule has 1 heterocycles. The fourth-order valence-electron chi connectivity index (χ4n) is 3.76. The van der Waals surface area contributed by atoms with Gasteiger partial charge in [-0.05, 0) is 60.9 Å². The van der Waals surface area contributed by atoms with Gasteiger partial charge in [-0.1, -0.05) is 53.5 Å². The molecule has 1 amide bonds. The third-order valence-electron chi connectivity index (χ3n) is 5.25. The van der Waals surface area contributed by atoms with E-state index >= 15 is 0 Å². The van der Waals surface area contributed by atoms with E-state index in [1.165, 1.54) is 16.4 Å².